The van der Waals surface area contributed by atoms with Crippen LogP contribution in [0.1, 0.15) is 10.4 Å². The van der Waals surface area contributed by atoms with E-state index in [1.807, 2.05) is 19.0 Å². The molecule has 0 aromatic heterocycles. The summed E-state index contributed by atoms with van der Waals surface area (Å²) in [5, 5.41) is 16.2. The minimum absolute atomic E-state index is 0.0617. The van der Waals surface area contributed by atoms with E-state index in [2.05, 4.69) is 0 Å². The molecule has 1 aromatic carbocycles. The number of halogens is 5. The van der Waals surface area contributed by atoms with Crippen LogP contribution in [0.3, 0.4) is 0 Å². The van der Waals surface area contributed by atoms with Gasteiger partial charge in [0.05, 0.1) is 37.3 Å². The van der Waals surface area contributed by atoms with Crippen molar-refractivity contribution in [2.75, 3.05) is 27.2 Å². The largest absolute Gasteiger partial charge is 0.478 e. The van der Waals surface area contributed by atoms with Gasteiger partial charge in [-0.05, 0) is 14.1 Å². The lowest BCUT2D eigenvalue weighted by Gasteiger charge is -2.08. The third-order valence-corrected chi connectivity index (χ3v) is 4.25. The molecule has 0 bridgehead atoms. The van der Waals surface area contributed by atoms with Crippen molar-refractivity contribution in [3.05, 3.63) is 30.7 Å². The number of aliphatic hydroxyl groups excluding tert-OH is 1. The fraction of sp³-hybridized carbons (Fsp3) is 0.364. The maximum absolute atomic E-state index is 10.7. The molecular weight excluding hydrogens is 371 g/mol. The predicted molar refractivity (Wildman–Crippen MR) is 84.1 cm³/mol. The first-order valence-corrected chi connectivity index (χ1v) is 7.04. The standard InChI is InChI=1S/C7HCl5O2.C4H11NO/c8-2-1(7(13)14)3(9)5(11)6(12)4(2)10;1-5(2)3-4-6/h(H,13,14);6H,3-4H2,1-2H3. The van der Waals surface area contributed by atoms with Crippen LogP contribution in [-0.4, -0.2) is 48.3 Å². The van der Waals surface area contributed by atoms with Crippen molar-refractivity contribution < 1.29 is 15.0 Å². The molecule has 1 aromatic rings. The van der Waals surface area contributed by atoms with Crippen molar-refractivity contribution in [1.82, 2.24) is 4.90 Å². The summed E-state index contributed by atoms with van der Waals surface area (Å²) in [6.07, 6.45) is 0. The second-order valence-electron chi connectivity index (χ2n) is 3.78. The normalized spacial score (nSPS) is 10.2. The number of carboxylic acids is 1. The maximum Gasteiger partial charge on any atom is 0.338 e. The Labute approximate surface area is 141 Å². The fourth-order valence-electron chi connectivity index (χ4n) is 0.993. The molecule has 0 radical (unpaired) electrons. The van der Waals surface area contributed by atoms with Gasteiger partial charge in [-0.3, -0.25) is 0 Å². The molecule has 1 rings (SSSR count). The van der Waals surface area contributed by atoms with Crippen molar-refractivity contribution in [3.8, 4) is 0 Å². The van der Waals surface area contributed by atoms with Crippen molar-refractivity contribution in [1.29, 1.82) is 0 Å². The molecule has 0 saturated carbocycles. The summed E-state index contributed by atoms with van der Waals surface area (Å²) in [6, 6.07) is 0. The fourth-order valence-corrected chi connectivity index (χ4v) is 2.29. The van der Waals surface area contributed by atoms with Crippen LogP contribution in [0.2, 0.25) is 25.1 Å². The SMILES string of the molecule is CN(C)CCO.O=C(O)c1c(Cl)c(Cl)c(Cl)c(Cl)c1Cl. The van der Waals surface area contributed by atoms with Crippen LogP contribution in [0, 0.1) is 0 Å². The molecule has 0 atom stereocenters. The van der Waals surface area contributed by atoms with E-state index in [0.717, 1.165) is 6.54 Å². The van der Waals surface area contributed by atoms with Crippen LogP contribution < -0.4 is 0 Å². The number of likely N-dealkylation sites (N-methyl/N-ethyl adjacent to an activating group) is 1. The Morgan fingerprint density at radius 3 is 1.50 bits per heavy atom. The van der Waals surface area contributed by atoms with Crippen LogP contribution in [0.25, 0.3) is 0 Å². The number of carboxylic acid groups (broad SMARTS) is 1. The molecular formula is C11H12Cl5NO3. The van der Waals surface area contributed by atoms with Gasteiger partial charge in [-0.15, -0.1) is 0 Å². The number of benzene rings is 1. The van der Waals surface area contributed by atoms with E-state index in [9.17, 15) is 4.79 Å². The second-order valence-corrected chi connectivity index (χ2v) is 5.67. The van der Waals surface area contributed by atoms with E-state index in [1.54, 1.807) is 0 Å². The number of aliphatic hydroxyl groups is 1. The van der Waals surface area contributed by atoms with Gasteiger partial charge in [0.1, 0.15) is 0 Å². The quantitative estimate of drug-likeness (QED) is 0.607. The zero-order valence-corrected chi connectivity index (χ0v) is 14.3. The monoisotopic (exact) mass is 381 g/mol. The first kappa shape index (κ1) is 20.1. The minimum Gasteiger partial charge on any atom is -0.478 e. The Kier molecular flexibility index (Phi) is 9.18. The third kappa shape index (κ3) is 5.45. The van der Waals surface area contributed by atoms with Crippen molar-refractivity contribution in [2.45, 2.75) is 0 Å². The number of hydrogen-bond donors (Lipinski definition) is 2. The van der Waals surface area contributed by atoms with Crippen LogP contribution in [0.15, 0.2) is 0 Å². The highest BCUT2D eigenvalue weighted by molar-refractivity contribution is 6.56. The molecule has 9 heteroatoms. The molecule has 114 valence electrons. The van der Waals surface area contributed by atoms with Gasteiger partial charge in [0.25, 0.3) is 0 Å². The van der Waals surface area contributed by atoms with E-state index in [4.69, 9.17) is 68.2 Å². The van der Waals surface area contributed by atoms with Gasteiger partial charge in [0.15, 0.2) is 0 Å². The summed E-state index contributed by atoms with van der Waals surface area (Å²) in [7, 11) is 3.85. The molecule has 4 nitrogen and oxygen atoms in total. The number of nitrogens with zero attached hydrogens (tertiary/aromatic N) is 1. The number of carbonyl (C=O) groups is 1. The van der Waals surface area contributed by atoms with Gasteiger partial charge in [-0.1, -0.05) is 58.0 Å². The smallest absolute Gasteiger partial charge is 0.338 e. The lowest BCUT2D eigenvalue weighted by Crippen LogP contribution is -2.15. The zero-order chi connectivity index (χ0) is 16.0. The Hall–Kier alpha value is 0.0600. The van der Waals surface area contributed by atoms with Gasteiger partial charge < -0.3 is 15.1 Å². The number of aromatic carboxylic acids is 1. The Bertz CT molecular complexity index is 464. The van der Waals surface area contributed by atoms with Crippen LogP contribution in [0.5, 0.6) is 0 Å². The Morgan fingerprint density at radius 1 is 0.950 bits per heavy atom. The molecule has 20 heavy (non-hydrogen) atoms. The van der Waals surface area contributed by atoms with Gasteiger partial charge in [0, 0.05) is 6.54 Å². The summed E-state index contributed by atoms with van der Waals surface area (Å²) >= 11 is 28.2. The van der Waals surface area contributed by atoms with Crippen LogP contribution in [0.4, 0.5) is 0 Å². The third-order valence-electron chi connectivity index (χ3n) is 1.97. The summed E-state index contributed by atoms with van der Waals surface area (Å²) in [5.74, 6) is -1.32. The molecule has 0 fully saturated rings. The number of hydrogen-bond acceptors (Lipinski definition) is 3. The Balaban J connectivity index is 0.000000511. The molecule has 0 heterocycles. The van der Waals surface area contributed by atoms with E-state index in [0.29, 0.717) is 0 Å². The zero-order valence-electron chi connectivity index (χ0n) is 10.6. The minimum atomic E-state index is -1.32. The molecule has 0 amide bonds. The van der Waals surface area contributed by atoms with Gasteiger partial charge in [-0.25, -0.2) is 4.79 Å². The Morgan fingerprint density at radius 2 is 1.30 bits per heavy atom. The first-order chi connectivity index (χ1) is 9.14. The molecule has 0 spiro atoms. The average molecular weight is 383 g/mol. The van der Waals surface area contributed by atoms with E-state index >= 15 is 0 Å². The predicted octanol–water partition coefficient (Wildman–Crippen LogP) is 4.19. The average Bonchev–Trinajstić information content (AvgIpc) is 2.34. The highest BCUT2D eigenvalue weighted by Gasteiger charge is 2.23. The summed E-state index contributed by atoms with van der Waals surface area (Å²) in [6.45, 7) is 1.02. The second kappa shape index (κ2) is 9.15. The highest BCUT2D eigenvalue weighted by Crippen LogP contribution is 2.43. The maximum atomic E-state index is 10.7. The molecule has 0 saturated heterocycles. The highest BCUT2D eigenvalue weighted by atomic mass is 35.5. The summed E-state index contributed by atoms with van der Waals surface area (Å²) < 4.78 is 0. The van der Waals surface area contributed by atoms with E-state index in [1.165, 1.54) is 0 Å². The lowest BCUT2D eigenvalue weighted by molar-refractivity contribution is 0.0697. The van der Waals surface area contributed by atoms with Crippen molar-refractivity contribution in [2.24, 2.45) is 0 Å². The van der Waals surface area contributed by atoms with Crippen LogP contribution >= 0.6 is 58.0 Å². The van der Waals surface area contributed by atoms with E-state index < -0.39 is 5.97 Å². The van der Waals surface area contributed by atoms with Gasteiger partial charge in [-0.2, -0.15) is 0 Å². The van der Waals surface area contributed by atoms with Crippen molar-refractivity contribution in [3.63, 3.8) is 0 Å². The molecule has 0 unspecified atom stereocenters. The molecule has 0 aliphatic rings. The van der Waals surface area contributed by atoms with Crippen molar-refractivity contribution >= 4 is 64.0 Å². The summed E-state index contributed by atoms with van der Waals surface area (Å²) in [4.78, 5) is 12.7. The van der Waals surface area contributed by atoms with Crippen LogP contribution in [-0.2, 0) is 0 Å². The molecule has 0 aliphatic heterocycles. The molecule has 0 aliphatic carbocycles. The van der Waals surface area contributed by atoms with Gasteiger partial charge in [0.2, 0.25) is 0 Å². The molecule has 2 N–H and O–H groups in total. The summed E-state index contributed by atoms with van der Waals surface area (Å²) in [5.41, 5.74) is -0.354. The number of rotatable bonds is 3. The first-order valence-electron chi connectivity index (χ1n) is 5.15. The lowest BCUT2D eigenvalue weighted by atomic mass is 10.2. The van der Waals surface area contributed by atoms with E-state index in [-0.39, 0.29) is 37.3 Å². The van der Waals surface area contributed by atoms with Gasteiger partial charge >= 0.3 is 5.97 Å². The topological polar surface area (TPSA) is 60.8 Å².